The zero-order valence-electron chi connectivity index (χ0n) is 22.4. The topological polar surface area (TPSA) is 119 Å². The minimum Gasteiger partial charge on any atom is -0.368 e. The number of benzene rings is 2. The van der Waals surface area contributed by atoms with E-state index in [9.17, 15) is 9.59 Å². The summed E-state index contributed by atoms with van der Waals surface area (Å²) in [4.78, 5) is 33.8. The van der Waals surface area contributed by atoms with Gasteiger partial charge in [0.15, 0.2) is 0 Å². The monoisotopic (exact) mass is 518 g/mol. The molecule has 4 rings (SSSR count). The SMILES string of the molecule is Cc1cc(N2CCN(C(=O)CCCCC(=O)N3CCN(c4ccc(N=[NH+])c(C)c4)CC3)CC2)ccc1N=[NH+]. The molecule has 10 nitrogen and oxygen atoms in total. The molecule has 0 atom stereocenters. The predicted molar refractivity (Wildman–Crippen MR) is 145 cm³/mol. The molecule has 2 heterocycles. The third-order valence-electron chi connectivity index (χ3n) is 7.63. The Bertz CT molecular complexity index is 1080. The smallest absolute Gasteiger partial charge is 0.222 e. The summed E-state index contributed by atoms with van der Waals surface area (Å²) in [6.07, 6.45) is 2.43. The minimum atomic E-state index is 0.171. The lowest BCUT2D eigenvalue weighted by Crippen LogP contribution is -2.49. The molecule has 38 heavy (non-hydrogen) atoms. The van der Waals surface area contributed by atoms with Crippen LogP contribution in [0.1, 0.15) is 36.8 Å². The van der Waals surface area contributed by atoms with Gasteiger partial charge in [-0.3, -0.25) is 9.59 Å². The summed E-state index contributed by atoms with van der Waals surface area (Å²) in [5.74, 6) is 0.342. The van der Waals surface area contributed by atoms with Gasteiger partial charge in [0.25, 0.3) is 0 Å². The number of carbonyl (C=O) groups excluding carboxylic acids is 2. The van der Waals surface area contributed by atoms with Crippen LogP contribution < -0.4 is 20.9 Å². The molecule has 2 aliphatic rings. The van der Waals surface area contributed by atoms with Crippen LogP contribution in [-0.4, -0.2) is 74.0 Å². The number of nitrogens with zero attached hydrogens (tertiary/aromatic N) is 6. The summed E-state index contributed by atoms with van der Waals surface area (Å²) >= 11 is 0. The maximum absolute atomic E-state index is 12.7. The van der Waals surface area contributed by atoms with Crippen LogP contribution in [0.15, 0.2) is 46.6 Å². The summed E-state index contributed by atoms with van der Waals surface area (Å²) < 4.78 is 0. The van der Waals surface area contributed by atoms with Gasteiger partial charge in [0.1, 0.15) is 22.4 Å². The Balaban J connectivity index is 1.13. The number of anilines is 2. The Morgan fingerprint density at radius 1 is 0.658 bits per heavy atom. The van der Waals surface area contributed by atoms with E-state index in [4.69, 9.17) is 11.1 Å². The molecule has 0 saturated carbocycles. The maximum atomic E-state index is 12.7. The van der Waals surface area contributed by atoms with E-state index in [0.29, 0.717) is 50.4 Å². The van der Waals surface area contributed by atoms with Crippen LogP contribution in [-0.2, 0) is 9.59 Å². The van der Waals surface area contributed by atoms with Crippen molar-refractivity contribution in [1.82, 2.24) is 9.80 Å². The average molecular weight is 519 g/mol. The zero-order valence-corrected chi connectivity index (χ0v) is 22.4. The van der Waals surface area contributed by atoms with Crippen molar-refractivity contribution in [3.8, 4) is 0 Å². The second-order valence-corrected chi connectivity index (χ2v) is 10.1. The predicted octanol–water partition coefficient (Wildman–Crippen LogP) is 1.12. The van der Waals surface area contributed by atoms with Crippen molar-refractivity contribution in [2.75, 3.05) is 62.2 Å². The van der Waals surface area contributed by atoms with Gasteiger partial charge in [-0.15, -0.1) is 0 Å². The second-order valence-electron chi connectivity index (χ2n) is 10.1. The molecule has 2 aromatic carbocycles. The van der Waals surface area contributed by atoms with E-state index in [0.717, 1.165) is 61.5 Å². The van der Waals surface area contributed by atoms with Gasteiger partial charge in [-0.1, -0.05) is 0 Å². The lowest BCUT2D eigenvalue weighted by molar-refractivity contribution is -0.211. The van der Waals surface area contributed by atoms with Crippen molar-refractivity contribution in [3.05, 3.63) is 47.5 Å². The highest BCUT2D eigenvalue weighted by Crippen LogP contribution is 2.26. The van der Waals surface area contributed by atoms with Crippen molar-refractivity contribution in [3.63, 3.8) is 0 Å². The highest BCUT2D eigenvalue weighted by atomic mass is 16.2. The standard InChI is InChI=1S/C28H38N8O2/c1-21-19-23(7-9-25(21)31-29)33-11-15-35(16-12-33)27(37)5-3-4-6-28(38)36-17-13-34(14-18-36)24-8-10-26(32-30)22(2)20-24/h7-10,19-20,29-30H,3-6,11-18H2,1-2H3/q+2. The number of unbranched alkanes of at least 4 members (excludes halogenated alkanes) is 1. The molecule has 2 aliphatic heterocycles. The van der Waals surface area contributed by atoms with Gasteiger partial charge >= 0.3 is 0 Å². The van der Waals surface area contributed by atoms with Gasteiger partial charge in [0, 0.05) is 76.6 Å². The van der Waals surface area contributed by atoms with Gasteiger partial charge in [-0.05, 0) is 74.2 Å². The molecule has 2 fully saturated rings. The number of hydrogen-bond donors (Lipinski definition) is 2. The fourth-order valence-corrected chi connectivity index (χ4v) is 5.22. The first kappa shape index (κ1) is 27.2. The highest BCUT2D eigenvalue weighted by Gasteiger charge is 2.23. The fourth-order valence-electron chi connectivity index (χ4n) is 5.22. The van der Waals surface area contributed by atoms with Gasteiger partial charge in [0.05, 0.1) is 10.2 Å². The van der Waals surface area contributed by atoms with E-state index in [1.165, 1.54) is 0 Å². The zero-order chi connectivity index (χ0) is 27.1. The molecule has 2 radical (unpaired) electrons. The van der Waals surface area contributed by atoms with E-state index in [1.807, 2.05) is 47.9 Å². The van der Waals surface area contributed by atoms with E-state index >= 15 is 0 Å². The Morgan fingerprint density at radius 3 is 1.34 bits per heavy atom. The summed E-state index contributed by atoms with van der Waals surface area (Å²) in [5.41, 5.74) is 20.0. The minimum absolute atomic E-state index is 0.171. The normalized spacial score (nSPS) is 15.9. The molecule has 0 unspecified atom stereocenters. The Hall–Kier alpha value is -3.82. The van der Waals surface area contributed by atoms with E-state index in [1.54, 1.807) is 0 Å². The van der Waals surface area contributed by atoms with Crippen LogP contribution in [0.4, 0.5) is 22.7 Å². The maximum Gasteiger partial charge on any atom is 0.222 e. The summed E-state index contributed by atoms with van der Waals surface area (Å²) in [6, 6.07) is 11.8. The average Bonchev–Trinajstić information content (AvgIpc) is 2.95. The Morgan fingerprint density at radius 2 is 1.03 bits per heavy atom. The number of hydrogen-bond acceptors (Lipinski definition) is 8. The lowest BCUT2D eigenvalue weighted by Gasteiger charge is -2.36. The van der Waals surface area contributed by atoms with Gasteiger partial charge in [0.2, 0.25) is 11.8 Å². The second kappa shape index (κ2) is 12.6. The number of rotatable bonds is 9. The first-order valence-corrected chi connectivity index (χ1v) is 13.4. The van der Waals surface area contributed by atoms with E-state index < -0.39 is 0 Å². The molecule has 0 bridgehead atoms. The lowest BCUT2D eigenvalue weighted by atomic mass is 10.1. The number of nitrogens with one attached hydrogen (secondary N) is 2. The summed E-state index contributed by atoms with van der Waals surface area (Å²) in [7, 11) is 0. The molecule has 2 N–H and O–H groups in total. The van der Waals surface area contributed by atoms with Gasteiger partial charge < -0.3 is 19.6 Å². The van der Waals surface area contributed by atoms with E-state index in [-0.39, 0.29) is 11.8 Å². The molecule has 0 spiro atoms. The fraction of sp³-hybridized carbons (Fsp3) is 0.500. The van der Waals surface area contributed by atoms with Crippen molar-refractivity contribution in [2.45, 2.75) is 39.5 Å². The molecule has 10 heteroatoms. The molecule has 0 aliphatic carbocycles. The van der Waals surface area contributed by atoms with Crippen molar-refractivity contribution < 1.29 is 20.7 Å². The van der Waals surface area contributed by atoms with Crippen LogP contribution in [0.25, 0.3) is 0 Å². The van der Waals surface area contributed by atoms with Crippen molar-refractivity contribution in [2.24, 2.45) is 10.2 Å². The molecule has 2 aromatic rings. The van der Waals surface area contributed by atoms with Crippen molar-refractivity contribution in [1.29, 1.82) is 0 Å². The van der Waals surface area contributed by atoms with Crippen LogP contribution in [0.3, 0.4) is 0 Å². The highest BCUT2D eigenvalue weighted by molar-refractivity contribution is 5.78. The number of amides is 2. The van der Waals surface area contributed by atoms with Crippen molar-refractivity contribution >= 4 is 34.6 Å². The van der Waals surface area contributed by atoms with Crippen LogP contribution in [0, 0.1) is 13.8 Å². The Kier molecular flexibility index (Phi) is 9.04. The van der Waals surface area contributed by atoms with Crippen LogP contribution in [0.5, 0.6) is 0 Å². The summed E-state index contributed by atoms with van der Waals surface area (Å²) in [6.45, 7) is 9.87. The molecular formula is C28H38N8O2+2. The largest absolute Gasteiger partial charge is 0.368 e. The first-order chi connectivity index (χ1) is 18.4. The van der Waals surface area contributed by atoms with Crippen LogP contribution >= 0.6 is 0 Å². The number of piperazine rings is 2. The van der Waals surface area contributed by atoms with E-state index in [2.05, 4.69) is 32.2 Å². The molecule has 2 amide bonds. The summed E-state index contributed by atoms with van der Waals surface area (Å²) in [5, 5.41) is 7.06. The molecule has 200 valence electrons. The third kappa shape index (κ3) is 6.54. The Labute approximate surface area is 224 Å². The van der Waals surface area contributed by atoms with Crippen LogP contribution in [0.2, 0.25) is 0 Å². The van der Waals surface area contributed by atoms with Gasteiger partial charge in [-0.25, -0.2) is 0 Å². The molecule has 0 aromatic heterocycles. The number of aryl methyl sites for hydroxylation is 2. The quantitative estimate of drug-likeness (QED) is 0.382. The molecular weight excluding hydrogens is 480 g/mol. The first-order valence-electron chi connectivity index (χ1n) is 13.4. The molecule has 2 saturated heterocycles. The van der Waals surface area contributed by atoms with Gasteiger partial charge in [-0.2, -0.15) is 0 Å². The number of carbonyl (C=O) groups is 2. The third-order valence-corrected chi connectivity index (χ3v) is 7.63.